The first-order valence-electron chi connectivity index (χ1n) is 7.21. The van der Waals surface area contributed by atoms with Gasteiger partial charge in [-0.05, 0) is 42.7 Å². The molecule has 2 aromatic rings. The highest BCUT2D eigenvalue weighted by atomic mass is 35.5. The number of carbonyl (C=O) groups is 1. The zero-order valence-corrected chi connectivity index (χ0v) is 13.5. The highest BCUT2D eigenvalue weighted by Crippen LogP contribution is 2.28. The number of hydrogen-bond acceptors (Lipinski definition) is 2. The smallest absolute Gasteiger partial charge is 0.243 e. The van der Waals surface area contributed by atoms with E-state index in [9.17, 15) is 4.79 Å². The number of halogens is 2. The van der Waals surface area contributed by atoms with Crippen molar-refractivity contribution < 1.29 is 4.79 Å². The molecule has 1 heterocycles. The van der Waals surface area contributed by atoms with Gasteiger partial charge in [-0.25, -0.2) is 0 Å². The molecule has 1 aliphatic heterocycles. The first-order valence-corrected chi connectivity index (χ1v) is 7.97. The molecule has 0 saturated carbocycles. The molecule has 0 aromatic heterocycles. The number of anilines is 2. The number of carbonyl (C=O) groups excluding carboxylic acids is 1. The standard InChI is InChI=1S/C17H16Cl2N2O/c18-13-7-8-14(19)15(10-13)20-17(22)11-21-9-3-5-12-4-1-2-6-16(12)21/h1-2,4,6-8,10H,3,5,9,11H2,(H,20,22). The lowest BCUT2D eigenvalue weighted by molar-refractivity contribution is -0.115. The monoisotopic (exact) mass is 334 g/mol. The lowest BCUT2D eigenvalue weighted by Gasteiger charge is -2.30. The van der Waals surface area contributed by atoms with Crippen LogP contribution in [-0.2, 0) is 11.2 Å². The van der Waals surface area contributed by atoms with Crippen molar-refractivity contribution >= 4 is 40.5 Å². The van der Waals surface area contributed by atoms with Gasteiger partial charge in [0.05, 0.1) is 17.3 Å². The Labute approximate surface area is 139 Å². The number of fused-ring (bicyclic) bond motifs is 1. The molecule has 0 radical (unpaired) electrons. The second kappa shape index (κ2) is 6.59. The summed E-state index contributed by atoms with van der Waals surface area (Å²) in [5.41, 5.74) is 2.98. The van der Waals surface area contributed by atoms with Gasteiger partial charge in [0, 0.05) is 17.3 Å². The minimum Gasteiger partial charge on any atom is -0.362 e. The number of aryl methyl sites for hydroxylation is 1. The van der Waals surface area contributed by atoms with Crippen molar-refractivity contribution in [3.63, 3.8) is 0 Å². The molecular formula is C17H16Cl2N2O. The molecule has 3 nitrogen and oxygen atoms in total. The molecular weight excluding hydrogens is 319 g/mol. The Kier molecular flexibility index (Phi) is 4.55. The van der Waals surface area contributed by atoms with Crippen LogP contribution < -0.4 is 10.2 Å². The van der Waals surface area contributed by atoms with Gasteiger partial charge in [0.15, 0.2) is 0 Å². The van der Waals surface area contributed by atoms with E-state index in [1.54, 1.807) is 18.2 Å². The molecule has 0 fully saturated rings. The minimum atomic E-state index is -0.0964. The molecule has 22 heavy (non-hydrogen) atoms. The van der Waals surface area contributed by atoms with Gasteiger partial charge in [0.25, 0.3) is 0 Å². The first kappa shape index (κ1) is 15.2. The Morgan fingerprint density at radius 3 is 2.86 bits per heavy atom. The first-order chi connectivity index (χ1) is 10.6. The van der Waals surface area contributed by atoms with Crippen molar-refractivity contribution in [3.8, 4) is 0 Å². The van der Waals surface area contributed by atoms with Gasteiger partial charge in [0.2, 0.25) is 5.91 Å². The fraction of sp³-hybridized carbons (Fsp3) is 0.235. The molecule has 0 spiro atoms. The molecule has 0 atom stereocenters. The quantitative estimate of drug-likeness (QED) is 0.902. The summed E-state index contributed by atoms with van der Waals surface area (Å²) in [4.78, 5) is 14.4. The fourth-order valence-corrected chi connectivity index (χ4v) is 3.07. The van der Waals surface area contributed by atoms with E-state index in [-0.39, 0.29) is 5.91 Å². The molecule has 0 unspecified atom stereocenters. The Balaban J connectivity index is 1.72. The van der Waals surface area contributed by atoms with Crippen LogP contribution in [0.3, 0.4) is 0 Å². The number of rotatable bonds is 3. The average Bonchev–Trinajstić information content (AvgIpc) is 2.51. The summed E-state index contributed by atoms with van der Waals surface area (Å²) in [6, 6.07) is 13.3. The summed E-state index contributed by atoms with van der Waals surface area (Å²) >= 11 is 12.0. The molecule has 114 valence electrons. The van der Waals surface area contributed by atoms with Crippen molar-refractivity contribution in [2.45, 2.75) is 12.8 Å². The van der Waals surface area contributed by atoms with Crippen LogP contribution in [0.15, 0.2) is 42.5 Å². The highest BCUT2D eigenvalue weighted by molar-refractivity contribution is 6.35. The Morgan fingerprint density at radius 2 is 2.00 bits per heavy atom. The molecule has 3 rings (SSSR count). The Bertz CT molecular complexity index is 703. The second-order valence-corrected chi connectivity index (χ2v) is 6.17. The van der Waals surface area contributed by atoms with E-state index in [2.05, 4.69) is 22.3 Å². The summed E-state index contributed by atoms with van der Waals surface area (Å²) < 4.78 is 0. The zero-order chi connectivity index (χ0) is 15.5. The maximum Gasteiger partial charge on any atom is 0.243 e. The van der Waals surface area contributed by atoms with E-state index in [1.165, 1.54) is 5.56 Å². The molecule has 1 amide bonds. The predicted octanol–water partition coefficient (Wildman–Crippen LogP) is 4.38. The van der Waals surface area contributed by atoms with Gasteiger partial charge >= 0.3 is 0 Å². The SMILES string of the molecule is O=C(CN1CCCc2ccccc21)Nc1cc(Cl)ccc1Cl. The third kappa shape index (κ3) is 3.37. The molecule has 0 saturated heterocycles. The molecule has 1 N–H and O–H groups in total. The lowest BCUT2D eigenvalue weighted by atomic mass is 10.0. The van der Waals surface area contributed by atoms with Gasteiger partial charge in [-0.1, -0.05) is 41.4 Å². The normalized spacial score (nSPS) is 13.6. The van der Waals surface area contributed by atoms with Gasteiger partial charge in [-0.2, -0.15) is 0 Å². The highest BCUT2D eigenvalue weighted by Gasteiger charge is 2.19. The minimum absolute atomic E-state index is 0.0964. The van der Waals surface area contributed by atoms with Crippen molar-refractivity contribution in [3.05, 3.63) is 58.1 Å². The fourth-order valence-electron chi connectivity index (χ4n) is 2.73. The summed E-state index contributed by atoms with van der Waals surface area (Å²) in [7, 11) is 0. The summed E-state index contributed by atoms with van der Waals surface area (Å²) in [6.07, 6.45) is 2.12. The second-order valence-electron chi connectivity index (χ2n) is 5.33. The van der Waals surface area contributed by atoms with Crippen molar-refractivity contribution in [2.24, 2.45) is 0 Å². The number of hydrogen-bond donors (Lipinski definition) is 1. The summed E-state index contributed by atoms with van der Waals surface area (Å²) in [6.45, 7) is 1.19. The largest absolute Gasteiger partial charge is 0.362 e. The van der Waals surface area contributed by atoms with E-state index >= 15 is 0 Å². The number of nitrogens with zero attached hydrogens (tertiary/aromatic N) is 1. The van der Waals surface area contributed by atoms with Crippen LogP contribution in [-0.4, -0.2) is 19.0 Å². The van der Waals surface area contributed by atoms with E-state index in [4.69, 9.17) is 23.2 Å². The number of amides is 1. The number of para-hydroxylation sites is 1. The van der Waals surface area contributed by atoms with Crippen LogP contribution in [0, 0.1) is 0 Å². The maximum atomic E-state index is 12.3. The van der Waals surface area contributed by atoms with Gasteiger partial charge in [0.1, 0.15) is 0 Å². The third-order valence-corrected chi connectivity index (χ3v) is 4.31. The van der Waals surface area contributed by atoms with E-state index in [0.717, 1.165) is 25.1 Å². The van der Waals surface area contributed by atoms with Crippen molar-refractivity contribution in [1.29, 1.82) is 0 Å². The van der Waals surface area contributed by atoms with Crippen LogP contribution in [0.2, 0.25) is 10.0 Å². The van der Waals surface area contributed by atoms with Crippen LogP contribution in [0.4, 0.5) is 11.4 Å². The zero-order valence-electron chi connectivity index (χ0n) is 12.0. The molecule has 0 bridgehead atoms. The van der Waals surface area contributed by atoms with Gasteiger partial charge in [-0.3, -0.25) is 4.79 Å². The predicted molar refractivity (Wildman–Crippen MR) is 92.1 cm³/mol. The number of nitrogens with one attached hydrogen (secondary N) is 1. The molecule has 5 heteroatoms. The van der Waals surface area contributed by atoms with Crippen LogP contribution >= 0.6 is 23.2 Å². The summed E-state index contributed by atoms with van der Waals surface area (Å²) in [5.74, 6) is -0.0964. The van der Waals surface area contributed by atoms with E-state index in [0.29, 0.717) is 22.3 Å². The molecule has 2 aromatic carbocycles. The van der Waals surface area contributed by atoms with Crippen LogP contribution in [0.1, 0.15) is 12.0 Å². The van der Waals surface area contributed by atoms with Crippen molar-refractivity contribution in [1.82, 2.24) is 0 Å². The van der Waals surface area contributed by atoms with Crippen LogP contribution in [0.25, 0.3) is 0 Å². The van der Waals surface area contributed by atoms with E-state index in [1.807, 2.05) is 12.1 Å². The maximum absolute atomic E-state index is 12.3. The number of benzene rings is 2. The third-order valence-electron chi connectivity index (χ3n) is 3.74. The lowest BCUT2D eigenvalue weighted by Crippen LogP contribution is -2.36. The average molecular weight is 335 g/mol. The van der Waals surface area contributed by atoms with E-state index < -0.39 is 0 Å². The molecule has 0 aliphatic carbocycles. The topological polar surface area (TPSA) is 32.3 Å². The van der Waals surface area contributed by atoms with Crippen LogP contribution in [0.5, 0.6) is 0 Å². The van der Waals surface area contributed by atoms with Gasteiger partial charge < -0.3 is 10.2 Å². The van der Waals surface area contributed by atoms with Gasteiger partial charge in [-0.15, -0.1) is 0 Å². The Hall–Kier alpha value is -1.71. The Morgan fingerprint density at radius 1 is 1.18 bits per heavy atom. The van der Waals surface area contributed by atoms with Crippen molar-refractivity contribution in [2.75, 3.05) is 23.3 Å². The molecule has 1 aliphatic rings. The summed E-state index contributed by atoms with van der Waals surface area (Å²) in [5, 5.41) is 3.86.